The summed E-state index contributed by atoms with van der Waals surface area (Å²) in [6.45, 7) is 1.03. The molecule has 1 amide bonds. The number of nitrogens with zero attached hydrogens (tertiary/aromatic N) is 1. The van der Waals surface area contributed by atoms with Crippen LogP contribution in [0.5, 0.6) is 0 Å². The van der Waals surface area contributed by atoms with Gasteiger partial charge in [-0.2, -0.15) is 0 Å². The summed E-state index contributed by atoms with van der Waals surface area (Å²) in [6, 6.07) is 11.4. The van der Waals surface area contributed by atoms with Gasteiger partial charge in [0, 0.05) is 35.1 Å². The molecule has 24 heavy (non-hydrogen) atoms. The van der Waals surface area contributed by atoms with Crippen molar-refractivity contribution in [3.63, 3.8) is 0 Å². The maximum atomic E-state index is 13.0. The van der Waals surface area contributed by atoms with E-state index in [1.807, 2.05) is 11.3 Å². The zero-order chi connectivity index (χ0) is 16.5. The van der Waals surface area contributed by atoms with Crippen LogP contribution in [0.1, 0.15) is 40.9 Å². The van der Waals surface area contributed by atoms with Crippen molar-refractivity contribution < 1.29 is 9.18 Å². The van der Waals surface area contributed by atoms with Gasteiger partial charge in [0.25, 0.3) is 5.91 Å². The first kappa shape index (κ1) is 15.8. The van der Waals surface area contributed by atoms with Crippen LogP contribution in [0.4, 0.5) is 4.39 Å². The Morgan fingerprint density at radius 3 is 2.50 bits per heavy atom. The lowest BCUT2D eigenvalue weighted by Gasteiger charge is -2.39. The van der Waals surface area contributed by atoms with Crippen LogP contribution in [0.2, 0.25) is 0 Å². The lowest BCUT2D eigenvalue weighted by Crippen LogP contribution is -2.49. The lowest BCUT2D eigenvalue weighted by atomic mass is 9.96. The molecule has 0 spiro atoms. The maximum absolute atomic E-state index is 13.0. The normalized spacial score (nSPS) is 26.5. The first-order valence-corrected chi connectivity index (χ1v) is 9.41. The molecular formula is C19H21FN2OS. The van der Waals surface area contributed by atoms with Crippen LogP contribution in [-0.4, -0.2) is 28.9 Å². The zero-order valence-electron chi connectivity index (χ0n) is 13.5. The average Bonchev–Trinajstić information content (AvgIpc) is 3.15. The van der Waals surface area contributed by atoms with E-state index in [4.69, 9.17) is 0 Å². The quantitative estimate of drug-likeness (QED) is 0.915. The number of thiophene rings is 1. The first-order valence-electron chi connectivity index (χ1n) is 8.53. The molecule has 1 N–H and O–H groups in total. The van der Waals surface area contributed by atoms with Crippen molar-refractivity contribution >= 4 is 17.2 Å². The van der Waals surface area contributed by atoms with E-state index in [2.05, 4.69) is 27.7 Å². The predicted molar refractivity (Wildman–Crippen MR) is 93.6 cm³/mol. The zero-order valence-corrected chi connectivity index (χ0v) is 14.3. The van der Waals surface area contributed by atoms with Crippen LogP contribution in [0.15, 0.2) is 41.8 Å². The van der Waals surface area contributed by atoms with Crippen molar-refractivity contribution in [2.45, 2.75) is 50.4 Å². The van der Waals surface area contributed by atoms with E-state index in [0.29, 0.717) is 17.6 Å². The van der Waals surface area contributed by atoms with Crippen LogP contribution in [0, 0.1) is 5.82 Å². The summed E-state index contributed by atoms with van der Waals surface area (Å²) in [6.07, 6.45) is 4.46. The molecule has 1 aromatic heterocycles. The fourth-order valence-corrected chi connectivity index (χ4v) is 4.82. The van der Waals surface area contributed by atoms with Crippen LogP contribution in [0.25, 0.3) is 0 Å². The Hall–Kier alpha value is -1.72. The van der Waals surface area contributed by atoms with E-state index in [9.17, 15) is 9.18 Å². The number of carbonyl (C=O) groups excluding carboxylic acids is 1. The highest BCUT2D eigenvalue weighted by Gasteiger charge is 2.41. The van der Waals surface area contributed by atoms with Gasteiger partial charge in [0.15, 0.2) is 0 Å². The van der Waals surface area contributed by atoms with Crippen LogP contribution >= 0.6 is 11.3 Å². The van der Waals surface area contributed by atoms with Gasteiger partial charge in [0.05, 0.1) is 0 Å². The second kappa shape index (κ2) is 6.65. The summed E-state index contributed by atoms with van der Waals surface area (Å²) < 4.78 is 13.0. The predicted octanol–water partition coefficient (Wildman–Crippen LogP) is 3.81. The molecule has 0 aliphatic carbocycles. The molecule has 0 saturated carbocycles. The van der Waals surface area contributed by atoms with Crippen LogP contribution in [-0.2, 0) is 6.54 Å². The molecule has 2 fully saturated rings. The fraction of sp³-hybridized carbons (Fsp3) is 0.421. The Labute approximate surface area is 145 Å². The van der Waals surface area contributed by atoms with Gasteiger partial charge in [-0.25, -0.2) is 4.39 Å². The van der Waals surface area contributed by atoms with E-state index in [0.717, 1.165) is 19.4 Å². The summed E-state index contributed by atoms with van der Waals surface area (Å²) in [4.78, 5) is 16.4. The van der Waals surface area contributed by atoms with Crippen LogP contribution in [0.3, 0.4) is 0 Å². The fourth-order valence-electron chi connectivity index (χ4n) is 4.10. The van der Waals surface area contributed by atoms with Crippen molar-refractivity contribution in [1.82, 2.24) is 10.2 Å². The number of piperidine rings is 1. The molecule has 1 aromatic carbocycles. The van der Waals surface area contributed by atoms with Gasteiger partial charge >= 0.3 is 0 Å². The molecule has 3 heterocycles. The Balaban J connectivity index is 1.38. The maximum Gasteiger partial charge on any atom is 0.251 e. The van der Waals surface area contributed by atoms with Gasteiger partial charge in [-0.3, -0.25) is 9.69 Å². The highest BCUT2D eigenvalue weighted by Crippen LogP contribution is 2.37. The van der Waals surface area contributed by atoms with E-state index < -0.39 is 0 Å². The summed E-state index contributed by atoms with van der Waals surface area (Å²) >= 11 is 1.82. The van der Waals surface area contributed by atoms with Crippen molar-refractivity contribution in [2.24, 2.45) is 0 Å². The van der Waals surface area contributed by atoms with E-state index >= 15 is 0 Å². The van der Waals surface area contributed by atoms with Crippen molar-refractivity contribution in [3.05, 3.63) is 58.0 Å². The molecule has 2 aliphatic rings. The number of fused-ring (bicyclic) bond motifs is 2. The third-order valence-corrected chi connectivity index (χ3v) is 6.11. The Morgan fingerprint density at radius 1 is 1.17 bits per heavy atom. The molecule has 0 radical (unpaired) electrons. The van der Waals surface area contributed by atoms with E-state index in [1.54, 1.807) is 12.1 Å². The Morgan fingerprint density at radius 2 is 1.88 bits per heavy atom. The van der Waals surface area contributed by atoms with Gasteiger partial charge in [-0.15, -0.1) is 11.3 Å². The number of rotatable bonds is 4. The van der Waals surface area contributed by atoms with Gasteiger partial charge in [-0.05, 0) is 61.4 Å². The molecule has 2 aromatic rings. The lowest BCUT2D eigenvalue weighted by molar-refractivity contribution is 0.0830. The third kappa shape index (κ3) is 3.23. The molecule has 3 nitrogen and oxygen atoms in total. The summed E-state index contributed by atoms with van der Waals surface area (Å²) in [5.41, 5.74) is 0.532. The third-order valence-electron chi connectivity index (χ3n) is 5.24. The number of hydrogen-bond acceptors (Lipinski definition) is 3. The standard InChI is InChI=1S/C19H21FN2OS/c20-14-5-3-13(4-6-14)19(23)21-15-10-16-7-8-17(11-15)22(16)12-18-2-1-9-24-18/h1-6,9,15-17H,7-8,10-12H2,(H,21,23). The number of nitrogens with one attached hydrogen (secondary N) is 1. The minimum atomic E-state index is -0.313. The molecule has 2 aliphatic heterocycles. The first-order chi connectivity index (χ1) is 11.7. The SMILES string of the molecule is O=C(NC1CC2CCC(C1)N2Cc1cccs1)c1ccc(F)cc1. The smallest absolute Gasteiger partial charge is 0.251 e. The number of halogens is 1. The molecule has 2 atom stereocenters. The highest BCUT2D eigenvalue weighted by molar-refractivity contribution is 7.09. The topological polar surface area (TPSA) is 32.3 Å². The second-order valence-corrected chi connectivity index (χ2v) is 7.82. The van der Waals surface area contributed by atoms with Gasteiger partial charge in [0.2, 0.25) is 0 Å². The molecule has 2 bridgehead atoms. The summed E-state index contributed by atoms with van der Waals surface area (Å²) in [5, 5.41) is 5.28. The average molecular weight is 344 g/mol. The molecule has 4 rings (SSSR count). The largest absolute Gasteiger partial charge is 0.349 e. The molecule has 5 heteroatoms. The van der Waals surface area contributed by atoms with Gasteiger partial charge in [-0.1, -0.05) is 6.07 Å². The second-order valence-electron chi connectivity index (χ2n) is 6.79. The monoisotopic (exact) mass is 344 g/mol. The number of hydrogen-bond donors (Lipinski definition) is 1. The van der Waals surface area contributed by atoms with E-state index in [1.165, 1.54) is 29.9 Å². The summed E-state index contributed by atoms with van der Waals surface area (Å²) in [5.74, 6) is -0.405. The van der Waals surface area contributed by atoms with Crippen molar-refractivity contribution in [1.29, 1.82) is 0 Å². The molecule has 126 valence electrons. The highest BCUT2D eigenvalue weighted by atomic mass is 32.1. The van der Waals surface area contributed by atoms with Crippen LogP contribution < -0.4 is 5.32 Å². The molecular weight excluding hydrogens is 323 g/mol. The van der Waals surface area contributed by atoms with E-state index in [-0.39, 0.29) is 17.8 Å². The molecule has 2 unspecified atom stereocenters. The Kier molecular flexibility index (Phi) is 4.37. The minimum Gasteiger partial charge on any atom is -0.349 e. The number of benzene rings is 1. The Bertz CT molecular complexity index is 687. The summed E-state index contributed by atoms with van der Waals surface area (Å²) in [7, 11) is 0. The van der Waals surface area contributed by atoms with Crippen molar-refractivity contribution in [2.75, 3.05) is 0 Å². The minimum absolute atomic E-state index is 0.0916. The number of amides is 1. The van der Waals surface area contributed by atoms with Crippen molar-refractivity contribution in [3.8, 4) is 0 Å². The number of carbonyl (C=O) groups is 1. The van der Waals surface area contributed by atoms with Gasteiger partial charge in [0.1, 0.15) is 5.82 Å². The van der Waals surface area contributed by atoms with Gasteiger partial charge < -0.3 is 5.32 Å². The molecule has 2 saturated heterocycles.